The van der Waals surface area contributed by atoms with Gasteiger partial charge in [-0.2, -0.15) is 0 Å². The molecule has 2 aliphatic carbocycles. The minimum Gasteiger partial charge on any atom is -0.461 e. The maximum absolute atomic E-state index is 14.1. The summed E-state index contributed by atoms with van der Waals surface area (Å²) in [5.41, 5.74) is 1.64. The third-order valence-corrected chi connectivity index (χ3v) is 8.59. The van der Waals surface area contributed by atoms with E-state index >= 15 is 0 Å². The van der Waals surface area contributed by atoms with E-state index in [1.54, 1.807) is 6.07 Å². The van der Waals surface area contributed by atoms with Gasteiger partial charge in [0.15, 0.2) is 0 Å². The van der Waals surface area contributed by atoms with Crippen LogP contribution in [-0.2, 0) is 9.53 Å². The molecule has 4 aliphatic rings. The molecule has 3 fully saturated rings. The van der Waals surface area contributed by atoms with Crippen molar-refractivity contribution >= 4 is 11.7 Å². The number of allylic oxidation sites excluding steroid dienone is 1. The summed E-state index contributed by atoms with van der Waals surface area (Å²) in [7, 11) is 0. The van der Waals surface area contributed by atoms with Crippen LogP contribution in [0.25, 0.3) is 0 Å². The summed E-state index contributed by atoms with van der Waals surface area (Å²) in [6.07, 6.45) is 4.36. The van der Waals surface area contributed by atoms with Gasteiger partial charge in [0.05, 0.1) is 17.7 Å². The number of esters is 1. The smallest absolute Gasteiger partial charge is 0.311 e. The van der Waals surface area contributed by atoms with Crippen LogP contribution >= 0.6 is 0 Å². The lowest BCUT2D eigenvalue weighted by molar-refractivity contribution is -0.145. The molecule has 168 valence electrons. The highest BCUT2D eigenvalue weighted by Crippen LogP contribution is 2.56. The highest BCUT2D eigenvalue weighted by Gasteiger charge is 2.59. The molecule has 6 heteroatoms. The zero-order valence-corrected chi connectivity index (χ0v) is 18.5. The first-order chi connectivity index (χ1) is 14.9. The van der Waals surface area contributed by atoms with E-state index < -0.39 is 6.10 Å². The molecule has 0 radical (unpaired) electrons. The average molecular weight is 429 g/mol. The largest absolute Gasteiger partial charge is 0.461 e. The Bertz CT molecular complexity index is 881. The van der Waals surface area contributed by atoms with E-state index in [-0.39, 0.29) is 35.1 Å². The zero-order valence-electron chi connectivity index (χ0n) is 18.5. The second-order valence-electron chi connectivity index (χ2n) is 10.0. The lowest BCUT2D eigenvalue weighted by Crippen LogP contribution is -2.55. The van der Waals surface area contributed by atoms with E-state index in [0.29, 0.717) is 18.2 Å². The molecule has 0 unspecified atom stereocenters. The fourth-order valence-corrected chi connectivity index (χ4v) is 6.43. The molecule has 6 atom stereocenters. The van der Waals surface area contributed by atoms with Gasteiger partial charge in [0.1, 0.15) is 11.9 Å². The van der Waals surface area contributed by atoms with E-state index in [4.69, 9.17) is 4.74 Å². The lowest BCUT2D eigenvalue weighted by Gasteiger charge is -2.52. The van der Waals surface area contributed by atoms with E-state index in [0.717, 1.165) is 45.4 Å². The van der Waals surface area contributed by atoms with Crippen LogP contribution in [-0.4, -0.2) is 60.9 Å². The number of hydrogen-bond donors (Lipinski definition) is 1. The summed E-state index contributed by atoms with van der Waals surface area (Å²) >= 11 is 0. The molecule has 0 aromatic heterocycles. The van der Waals surface area contributed by atoms with Gasteiger partial charge in [-0.1, -0.05) is 37.6 Å². The SMILES string of the molecule is C[C@H]1CCC=C2C[C@H]3OC(=O)[C@H](CN4CCN(c5ccccc5F)CC4)[C@H]3[C@@H](O)[C@@]21C. The topological polar surface area (TPSA) is 53.0 Å². The number of carbonyl (C=O) groups is 1. The monoisotopic (exact) mass is 428 g/mol. The molecule has 5 nitrogen and oxygen atoms in total. The molecule has 1 N–H and O–H groups in total. The first-order valence-electron chi connectivity index (χ1n) is 11.7. The molecule has 1 aromatic carbocycles. The number of ether oxygens (including phenoxy) is 1. The summed E-state index contributed by atoms with van der Waals surface area (Å²) in [6, 6.07) is 6.89. The van der Waals surface area contributed by atoms with Crippen LogP contribution in [0, 0.1) is 29.0 Å². The van der Waals surface area contributed by atoms with Gasteiger partial charge in [-0.25, -0.2) is 4.39 Å². The van der Waals surface area contributed by atoms with Gasteiger partial charge in [-0.3, -0.25) is 9.69 Å². The maximum Gasteiger partial charge on any atom is 0.311 e. The first kappa shape index (κ1) is 21.0. The Labute approximate surface area is 183 Å². The highest BCUT2D eigenvalue weighted by atomic mass is 19.1. The van der Waals surface area contributed by atoms with Gasteiger partial charge >= 0.3 is 5.97 Å². The fraction of sp³-hybridized carbons (Fsp3) is 0.640. The second kappa shape index (κ2) is 7.89. The van der Waals surface area contributed by atoms with Crippen molar-refractivity contribution in [1.29, 1.82) is 0 Å². The minimum atomic E-state index is -0.566. The Morgan fingerprint density at radius 1 is 1.23 bits per heavy atom. The van der Waals surface area contributed by atoms with Crippen LogP contribution < -0.4 is 4.90 Å². The van der Waals surface area contributed by atoms with Gasteiger partial charge in [0.2, 0.25) is 0 Å². The summed E-state index contributed by atoms with van der Waals surface area (Å²) in [4.78, 5) is 17.2. The van der Waals surface area contributed by atoms with E-state index in [2.05, 4.69) is 29.7 Å². The van der Waals surface area contributed by atoms with Crippen LogP contribution in [0.5, 0.6) is 0 Å². The fourth-order valence-electron chi connectivity index (χ4n) is 6.43. The average Bonchev–Trinajstić information content (AvgIpc) is 3.06. The molecule has 2 aliphatic heterocycles. The number of rotatable bonds is 3. The molecule has 1 saturated carbocycles. The number of anilines is 1. The van der Waals surface area contributed by atoms with Gasteiger partial charge in [0, 0.05) is 50.5 Å². The van der Waals surface area contributed by atoms with Crippen LogP contribution in [0.2, 0.25) is 0 Å². The third kappa shape index (κ3) is 3.39. The summed E-state index contributed by atoms with van der Waals surface area (Å²) in [5, 5.41) is 11.5. The molecule has 2 saturated heterocycles. The summed E-state index contributed by atoms with van der Waals surface area (Å²) < 4.78 is 19.9. The molecule has 1 aromatic rings. The standard InChI is InChI=1S/C25H33FN2O3/c1-16-6-5-7-17-14-21-22(23(29)25(16,17)2)18(24(30)31-21)15-27-10-12-28(13-11-27)20-9-4-3-8-19(20)26/h3-4,7-9,16,18,21-23,29H,5-6,10-15H2,1-2H3/t16-,18+,21+,22+,23+,25+/m0/s1. The summed E-state index contributed by atoms with van der Waals surface area (Å²) in [5.74, 6) is -0.417. The normalized spacial score (nSPS) is 38.3. The number of fused-ring (bicyclic) bond motifs is 2. The Morgan fingerprint density at radius 2 is 1.97 bits per heavy atom. The zero-order chi connectivity index (χ0) is 21.8. The Morgan fingerprint density at radius 3 is 2.71 bits per heavy atom. The number of hydrogen-bond acceptors (Lipinski definition) is 5. The Balaban J connectivity index is 1.28. The third-order valence-electron chi connectivity index (χ3n) is 8.59. The number of benzene rings is 1. The van der Waals surface area contributed by atoms with Crippen molar-refractivity contribution in [3.63, 3.8) is 0 Å². The van der Waals surface area contributed by atoms with Crippen LogP contribution in [0.4, 0.5) is 10.1 Å². The van der Waals surface area contributed by atoms with Crippen molar-refractivity contribution in [1.82, 2.24) is 4.90 Å². The van der Waals surface area contributed by atoms with Crippen LogP contribution in [0.15, 0.2) is 35.9 Å². The number of para-hydroxylation sites is 1. The Hall–Kier alpha value is -1.92. The molecule has 0 spiro atoms. The van der Waals surface area contributed by atoms with Crippen molar-refractivity contribution in [2.24, 2.45) is 23.2 Å². The number of aliphatic hydroxyl groups excluding tert-OH is 1. The van der Waals surface area contributed by atoms with Gasteiger partial charge in [-0.05, 0) is 30.9 Å². The maximum atomic E-state index is 14.1. The van der Waals surface area contributed by atoms with E-state index in [9.17, 15) is 14.3 Å². The number of aliphatic hydroxyl groups is 1. The van der Waals surface area contributed by atoms with Crippen molar-refractivity contribution in [2.45, 2.75) is 45.3 Å². The Kier molecular flexibility index (Phi) is 5.33. The van der Waals surface area contributed by atoms with Crippen molar-refractivity contribution < 1.29 is 19.0 Å². The van der Waals surface area contributed by atoms with Crippen molar-refractivity contribution in [3.05, 3.63) is 41.7 Å². The molecule has 31 heavy (non-hydrogen) atoms. The molecule has 0 bridgehead atoms. The van der Waals surface area contributed by atoms with Gasteiger partial charge in [-0.15, -0.1) is 0 Å². The lowest BCUT2D eigenvalue weighted by atomic mass is 9.55. The predicted octanol–water partition coefficient (Wildman–Crippen LogP) is 3.23. The van der Waals surface area contributed by atoms with Gasteiger partial charge in [0.25, 0.3) is 0 Å². The molecule has 5 rings (SSSR count). The molecular formula is C25H33FN2O3. The molecular weight excluding hydrogens is 395 g/mol. The molecule has 2 heterocycles. The highest BCUT2D eigenvalue weighted by molar-refractivity contribution is 5.76. The van der Waals surface area contributed by atoms with Crippen molar-refractivity contribution in [2.75, 3.05) is 37.6 Å². The second-order valence-corrected chi connectivity index (χ2v) is 10.0. The van der Waals surface area contributed by atoms with Crippen LogP contribution in [0.1, 0.15) is 33.1 Å². The quantitative estimate of drug-likeness (QED) is 0.592. The minimum absolute atomic E-state index is 0.153. The summed E-state index contributed by atoms with van der Waals surface area (Å²) in [6.45, 7) is 7.99. The van der Waals surface area contributed by atoms with E-state index in [1.807, 2.05) is 12.1 Å². The molecule has 0 amide bonds. The number of carbonyl (C=O) groups excluding carboxylic acids is 1. The predicted molar refractivity (Wildman–Crippen MR) is 117 cm³/mol. The van der Waals surface area contributed by atoms with Gasteiger partial charge < -0.3 is 14.7 Å². The number of piperazine rings is 1. The number of nitrogens with zero attached hydrogens (tertiary/aromatic N) is 2. The first-order valence-corrected chi connectivity index (χ1v) is 11.7. The number of halogens is 1. The van der Waals surface area contributed by atoms with Crippen LogP contribution in [0.3, 0.4) is 0 Å². The van der Waals surface area contributed by atoms with Crippen molar-refractivity contribution in [3.8, 4) is 0 Å². The van der Waals surface area contributed by atoms with E-state index in [1.165, 1.54) is 11.6 Å².